The van der Waals surface area contributed by atoms with Crippen LogP contribution in [0, 0.1) is 18.6 Å². The van der Waals surface area contributed by atoms with E-state index < -0.39 is 34.3 Å². The third-order valence-electron chi connectivity index (χ3n) is 3.34. The van der Waals surface area contributed by atoms with Crippen molar-refractivity contribution in [1.29, 1.82) is 0 Å². The van der Waals surface area contributed by atoms with Crippen LogP contribution in [0.2, 0.25) is 0 Å². The summed E-state index contributed by atoms with van der Waals surface area (Å²) in [5.41, 5.74) is -0.418. The number of H-pyrrole nitrogens is 1. The molecule has 1 heterocycles. The van der Waals surface area contributed by atoms with Gasteiger partial charge in [-0.1, -0.05) is 11.8 Å². The van der Waals surface area contributed by atoms with Crippen LogP contribution in [0.3, 0.4) is 0 Å². The number of ether oxygens (including phenoxy) is 1. The van der Waals surface area contributed by atoms with Gasteiger partial charge in [0.15, 0.2) is 17.4 Å². The molecule has 0 spiro atoms. The van der Waals surface area contributed by atoms with Crippen molar-refractivity contribution in [2.24, 2.45) is 0 Å². The first-order chi connectivity index (χ1) is 11.7. The molecule has 0 aliphatic heterocycles. The number of carbonyl (C=O) groups is 2. The van der Waals surface area contributed by atoms with Crippen LogP contribution in [0.4, 0.5) is 8.78 Å². The number of rotatable bonds is 5. The van der Waals surface area contributed by atoms with Gasteiger partial charge in [0.1, 0.15) is 10.6 Å². The van der Waals surface area contributed by atoms with Gasteiger partial charge in [-0.05, 0) is 32.0 Å². The molecule has 1 unspecified atom stereocenters. The summed E-state index contributed by atoms with van der Waals surface area (Å²) in [6.07, 6.45) is 0. The molecule has 0 aliphatic carbocycles. The predicted octanol–water partition coefficient (Wildman–Crippen LogP) is 2.51. The van der Waals surface area contributed by atoms with Crippen LogP contribution in [0.1, 0.15) is 33.3 Å². The number of hydrogen-bond acceptors (Lipinski definition) is 6. The number of esters is 1. The third-order valence-corrected chi connectivity index (χ3v) is 4.42. The number of nitrogens with zero attached hydrogens (tertiary/aromatic N) is 1. The minimum Gasteiger partial charge on any atom is -0.465 e. The molecule has 1 atom stereocenters. The summed E-state index contributed by atoms with van der Waals surface area (Å²) in [5.74, 6) is -3.41. The Hall–Kier alpha value is -2.55. The highest BCUT2D eigenvalue weighted by Gasteiger charge is 2.24. The van der Waals surface area contributed by atoms with Crippen molar-refractivity contribution in [3.05, 3.63) is 57.1 Å². The molecule has 25 heavy (non-hydrogen) atoms. The van der Waals surface area contributed by atoms with Crippen LogP contribution in [0.5, 0.6) is 0 Å². The Morgan fingerprint density at radius 3 is 2.56 bits per heavy atom. The van der Waals surface area contributed by atoms with Crippen LogP contribution in [0.15, 0.2) is 28.0 Å². The summed E-state index contributed by atoms with van der Waals surface area (Å²) in [6.45, 7) is 3.01. The first kappa shape index (κ1) is 18.8. The average molecular weight is 368 g/mol. The summed E-state index contributed by atoms with van der Waals surface area (Å²) in [4.78, 5) is 42.0. The Morgan fingerprint density at radius 1 is 1.28 bits per heavy atom. The lowest BCUT2D eigenvalue weighted by atomic mass is 10.1. The van der Waals surface area contributed by atoms with Gasteiger partial charge in [0.25, 0.3) is 0 Å². The van der Waals surface area contributed by atoms with E-state index in [9.17, 15) is 23.2 Å². The van der Waals surface area contributed by atoms with E-state index in [1.807, 2.05) is 0 Å². The number of aromatic amines is 1. The first-order valence-corrected chi connectivity index (χ1v) is 7.97. The summed E-state index contributed by atoms with van der Waals surface area (Å²) < 4.78 is 30.9. The Bertz CT molecular complexity index is 898. The molecule has 6 nitrogen and oxygen atoms in total. The highest BCUT2D eigenvalue weighted by atomic mass is 32.2. The largest absolute Gasteiger partial charge is 0.465 e. The Morgan fingerprint density at radius 2 is 1.96 bits per heavy atom. The highest BCUT2D eigenvalue weighted by molar-refractivity contribution is 8.00. The topological polar surface area (TPSA) is 89.1 Å². The maximum atomic E-state index is 13.3. The van der Waals surface area contributed by atoms with Crippen molar-refractivity contribution in [3.8, 4) is 0 Å². The van der Waals surface area contributed by atoms with E-state index in [1.54, 1.807) is 0 Å². The number of thioether (sulfide) groups is 1. The van der Waals surface area contributed by atoms with Gasteiger partial charge in [-0.25, -0.2) is 18.4 Å². The monoisotopic (exact) mass is 368 g/mol. The van der Waals surface area contributed by atoms with Crippen LogP contribution >= 0.6 is 11.8 Å². The summed E-state index contributed by atoms with van der Waals surface area (Å²) in [5, 5.41) is -0.779. The summed E-state index contributed by atoms with van der Waals surface area (Å²) >= 11 is 0.858. The quantitative estimate of drug-likeness (QED) is 0.378. The van der Waals surface area contributed by atoms with E-state index in [1.165, 1.54) is 21.0 Å². The number of benzene rings is 1. The number of nitrogens with one attached hydrogen (secondary N) is 1. The van der Waals surface area contributed by atoms with E-state index in [4.69, 9.17) is 0 Å². The fourth-order valence-corrected chi connectivity index (χ4v) is 3.16. The van der Waals surface area contributed by atoms with Gasteiger partial charge in [-0.3, -0.25) is 4.79 Å². The van der Waals surface area contributed by atoms with E-state index >= 15 is 0 Å². The molecule has 1 aromatic heterocycles. The van der Waals surface area contributed by atoms with Crippen molar-refractivity contribution in [2.75, 3.05) is 7.11 Å². The molecule has 0 saturated carbocycles. The van der Waals surface area contributed by atoms with Gasteiger partial charge in [0.05, 0.1) is 12.4 Å². The molecule has 2 rings (SSSR count). The van der Waals surface area contributed by atoms with Gasteiger partial charge in [-0.15, -0.1) is 0 Å². The van der Waals surface area contributed by atoms with Gasteiger partial charge in [0, 0.05) is 11.3 Å². The molecule has 1 N–H and O–H groups in total. The Kier molecular flexibility index (Phi) is 5.68. The van der Waals surface area contributed by atoms with Crippen molar-refractivity contribution in [3.63, 3.8) is 0 Å². The average Bonchev–Trinajstić information content (AvgIpc) is 2.55. The van der Waals surface area contributed by atoms with Crippen LogP contribution < -0.4 is 5.69 Å². The minimum atomic E-state index is -1.14. The molecule has 1 aromatic carbocycles. The molecule has 0 bridgehead atoms. The molecule has 0 saturated heterocycles. The zero-order valence-corrected chi connectivity index (χ0v) is 14.4. The second kappa shape index (κ2) is 7.56. The summed E-state index contributed by atoms with van der Waals surface area (Å²) in [6, 6.07) is 2.82. The smallest absolute Gasteiger partial charge is 0.346 e. The van der Waals surface area contributed by atoms with E-state index in [0.29, 0.717) is 0 Å². The molecule has 9 heteroatoms. The molecular formula is C16H14F2N2O4S. The number of aryl methyl sites for hydroxylation is 1. The van der Waals surface area contributed by atoms with Crippen molar-refractivity contribution < 1.29 is 23.1 Å². The predicted molar refractivity (Wildman–Crippen MR) is 86.9 cm³/mol. The maximum Gasteiger partial charge on any atom is 0.346 e. The lowest BCUT2D eigenvalue weighted by molar-refractivity contribution is 0.0593. The number of halogens is 2. The Labute approximate surface area is 145 Å². The molecule has 0 aliphatic rings. The molecular weight excluding hydrogens is 354 g/mol. The second-order valence-corrected chi connectivity index (χ2v) is 6.42. The fourth-order valence-electron chi connectivity index (χ4n) is 2.09. The Balaban J connectivity index is 2.35. The van der Waals surface area contributed by atoms with Crippen LogP contribution in [0.25, 0.3) is 0 Å². The third kappa shape index (κ3) is 4.11. The minimum absolute atomic E-state index is 0.0246. The number of aromatic nitrogens is 2. The van der Waals surface area contributed by atoms with Crippen molar-refractivity contribution in [2.45, 2.75) is 24.1 Å². The van der Waals surface area contributed by atoms with Crippen molar-refractivity contribution >= 4 is 23.5 Å². The molecule has 0 amide bonds. The molecule has 132 valence electrons. The number of ketones is 1. The van der Waals surface area contributed by atoms with Gasteiger partial charge in [-0.2, -0.15) is 4.98 Å². The standard InChI is InChI=1S/C16H14F2N2O4S/c1-7-12(15(22)24-3)14(20-16(23)19-7)25-8(2)13(21)9-4-5-10(17)11(18)6-9/h4-6,8H,1-3H3,(H,19,20,23). The normalized spacial score (nSPS) is 11.9. The zero-order valence-electron chi connectivity index (χ0n) is 13.6. The van der Waals surface area contributed by atoms with Gasteiger partial charge >= 0.3 is 11.7 Å². The van der Waals surface area contributed by atoms with E-state index in [2.05, 4.69) is 14.7 Å². The first-order valence-electron chi connectivity index (χ1n) is 7.09. The molecule has 2 aromatic rings. The van der Waals surface area contributed by atoms with Crippen LogP contribution in [-0.4, -0.2) is 34.1 Å². The lowest BCUT2D eigenvalue weighted by Crippen LogP contribution is -2.21. The van der Waals surface area contributed by atoms with E-state index in [0.717, 1.165) is 30.0 Å². The summed E-state index contributed by atoms with van der Waals surface area (Å²) in [7, 11) is 1.18. The van der Waals surface area contributed by atoms with Crippen molar-refractivity contribution in [1.82, 2.24) is 9.97 Å². The number of hydrogen-bond donors (Lipinski definition) is 1. The van der Waals surface area contributed by atoms with E-state index in [-0.39, 0.29) is 21.8 Å². The highest BCUT2D eigenvalue weighted by Crippen LogP contribution is 2.28. The number of methoxy groups -OCH3 is 1. The van der Waals surface area contributed by atoms with Crippen LogP contribution in [-0.2, 0) is 4.74 Å². The van der Waals surface area contributed by atoms with Gasteiger partial charge < -0.3 is 9.72 Å². The number of Topliss-reactive ketones (excluding diaryl/α,β-unsaturated/α-hetero) is 1. The molecule has 0 radical (unpaired) electrons. The zero-order chi connectivity index (χ0) is 18.7. The maximum absolute atomic E-state index is 13.3. The van der Waals surface area contributed by atoms with Gasteiger partial charge in [0.2, 0.25) is 0 Å². The second-order valence-electron chi connectivity index (χ2n) is 5.09. The molecule has 0 fully saturated rings. The fraction of sp³-hybridized carbons (Fsp3) is 0.250. The lowest BCUT2D eigenvalue weighted by Gasteiger charge is -2.13. The number of carbonyl (C=O) groups excluding carboxylic acids is 2. The SMILES string of the molecule is COC(=O)c1c(SC(C)C(=O)c2ccc(F)c(F)c2)nc(=O)[nH]c1C.